The Morgan fingerprint density at radius 1 is 1.24 bits per heavy atom. The zero-order chi connectivity index (χ0) is 26.8. The minimum atomic E-state index is -1.48. The average molecular weight is 516 g/mol. The van der Waals surface area contributed by atoms with Crippen LogP contribution in [0.4, 0.5) is 0 Å². The van der Waals surface area contributed by atoms with Gasteiger partial charge in [0.25, 0.3) is 0 Å². The SMILES string of the molecule is C/C1=C\[C@@H](C)[C@@H](C(C)O)OC(=O)C(O)CC2C=C[C@H]3[C@H]4C([C@H]3[C@]12O)[C@H](O)[C@@H](C)[C@H]4OC(=O)c1ccc[nH]1. The number of hydrogen-bond acceptors (Lipinski definition) is 8. The molecular weight excluding hydrogens is 478 g/mol. The Labute approximate surface area is 216 Å². The third-order valence-electron chi connectivity index (χ3n) is 9.39. The van der Waals surface area contributed by atoms with E-state index in [1.54, 1.807) is 25.3 Å². The van der Waals surface area contributed by atoms with Crippen LogP contribution in [0.25, 0.3) is 0 Å². The van der Waals surface area contributed by atoms with E-state index in [2.05, 4.69) is 4.98 Å². The number of nitrogens with one attached hydrogen (secondary N) is 1. The molecule has 0 bridgehead atoms. The molecule has 0 radical (unpaired) electrons. The monoisotopic (exact) mass is 515 g/mol. The molecule has 4 unspecified atom stereocenters. The lowest BCUT2D eigenvalue weighted by Gasteiger charge is -2.61. The number of rotatable bonds is 3. The third kappa shape index (κ3) is 3.98. The molecule has 3 aliphatic carbocycles. The maximum atomic E-state index is 12.7. The highest BCUT2D eigenvalue weighted by Gasteiger charge is 2.71. The van der Waals surface area contributed by atoms with Crippen molar-refractivity contribution in [2.75, 3.05) is 0 Å². The van der Waals surface area contributed by atoms with Crippen molar-refractivity contribution in [1.29, 1.82) is 0 Å². The van der Waals surface area contributed by atoms with Crippen LogP contribution < -0.4 is 0 Å². The topological polar surface area (TPSA) is 149 Å². The fourth-order valence-electron chi connectivity index (χ4n) is 7.57. The van der Waals surface area contributed by atoms with Gasteiger partial charge in [-0.25, -0.2) is 9.59 Å². The molecule has 1 aliphatic heterocycles. The van der Waals surface area contributed by atoms with Gasteiger partial charge >= 0.3 is 11.9 Å². The summed E-state index contributed by atoms with van der Waals surface area (Å²) in [4.78, 5) is 28.2. The summed E-state index contributed by atoms with van der Waals surface area (Å²) in [7, 11) is 0. The van der Waals surface area contributed by atoms with Crippen molar-refractivity contribution >= 4 is 11.9 Å². The molecule has 0 spiro atoms. The Morgan fingerprint density at radius 2 is 1.97 bits per heavy atom. The second-order valence-electron chi connectivity index (χ2n) is 11.5. The molecule has 0 aromatic carbocycles. The lowest BCUT2D eigenvalue weighted by Crippen LogP contribution is -2.65. The minimum Gasteiger partial charge on any atom is -0.457 e. The molecule has 13 atom stereocenters. The number of allylic oxidation sites excluding steroid dienone is 1. The molecule has 1 aromatic rings. The number of esters is 2. The zero-order valence-electron chi connectivity index (χ0n) is 21.5. The number of aliphatic hydroxyl groups is 4. The summed E-state index contributed by atoms with van der Waals surface area (Å²) in [5.41, 5.74) is -0.465. The second kappa shape index (κ2) is 9.38. The molecule has 9 nitrogen and oxygen atoms in total. The van der Waals surface area contributed by atoms with Crippen molar-refractivity contribution in [3.63, 3.8) is 0 Å². The van der Waals surface area contributed by atoms with E-state index < -0.39 is 65.8 Å². The highest BCUT2D eigenvalue weighted by molar-refractivity contribution is 5.87. The van der Waals surface area contributed by atoms with Crippen molar-refractivity contribution in [2.45, 2.75) is 70.2 Å². The molecule has 2 heterocycles. The van der Waals surface area contributed by atoms with E-state index >= 15 is 0 Å². The van der Waals surface area contributed by atoms with Gasteiger partial charge in [0.1, 0.15) is 17.9 Å². The average Bonchev–Trinajstić information content (AvgIpc) is 3.43. The van der Waals surface area contributed by atoms with E-state index in [0.29, 0.717) is 11.3 Å². The van der Waals surface area contributed by atoms with E-state index in [9.17, 15) is 30.0 Å². The number of carbonyl (C=O) groups is 2. The van der Waals surface area contributed by atoms with Crippen molar-refractivity contribution < 1.29 is 39.5 Å². The van der Waals surface area contributed by atoms with Gasteiger partial charge in [-0.1, -0.05) is 32.1 Å². The Kier molecular flexibility index (Phi) is 6.63. The summed E-state index contributed by atoms with van der Waals surface area (Å²) in [6.07, 6.45) is 2.57. The molecule has 5 N–H and O–H groups in total. The van der Waals surface area contributed by atoms with Gasteiger partial charge in [-0.2, -0.15) is 0 Å². The number of aliphatic hydroxyl groups excluding tert-OH is 3. The molecule has 5 rings (SSSR count). The quantitative estimate of drug-likeness (QED) is 0.301. The minimum absolute atomic E-state index is 0.0601. The van der Waals surface area contributed by atoms with E-state index in [0.717, 1.165) is 0 Å². The Hall–Kier alpha value is -2.46. The van der Waals surface area contributed by atoms with Crippen molar-refractivity contribution in [3.05, 3.63) is 47.8 Å². The summed E-state index contributed by atoms with van der Waals surface area (Å²) < 4.78 is 11.3. The first-order valence-electron chi connectivity index (χ1n) is 13.2. The van der Waals surface area contributed by atoms with Crippen molar-refractivity contribution in [3.8, 4) is 0 Å². The smallest absolute Gasteiger partial charge is 0.355 e. The van der Waals surface area contributed by atoms with Crippen LogP contribution in [0.5, 0.6) is 0 Å². The van der Waals surface area contributed by atoms with Gasteiger partial charge in [-0.15, -0.1) is 0 Å². The molecule has 9 heteroatoms. The zero-order valence-corrected chi connectivity index (χ0v) is 21.5. The normalized spacial score (nSPS) is 47.3. The molecular formula is C28H37NO8. The van der Waals surface area contributed by atoms with Crippen LogP contribution in [0.15, 0.2) is 42.1 Å². The first-order chi connectivity index (χ1) is 17.5. The Bertz CT molecular complexity index is 1100. The van der Waals surface area contributed by atoms with Crippen molar-refractivity contribution in [1.82, 2.24) is 4.98 Å². The number of cyclic esters (lactones) is 1. The first kappa shape index (κ1) is 26.2. The molecule has 37 heavy (non-hydrogen) atoms. The predicted octanol–water partition coefficient (Wildman–Crippen LogP) is 1.59. The van der Waals surface area contributed by atoms with Gasteiger partial charge < -0.3 is 34.9 Å². The van der Waals surface area contributed by atoms with E-state index in [1.165, 1.54) is 6.92 Å². The predicted molar refractivity (Wildman–Crippen MR) is 132 cm³/mol. The fourth-order valence-corrected chi connectivity index (χ4v) is 7.57. The molecule has 4 aliphatic rings. The maximum absolute atomic E-state index is 12.7. The summed E-state index contributed by atoms with van der Waals surface area (Å²) in [5.74, 6) is -3.73. The second-order valence-corrected chi connectivity index (χ2v) is 11.5. The van der Waals surface area contributed by atoms with Gasteiger partial charge in [-0.3, -0.25) is 0 Å². The van der Waals surface area contributed by atoms with E-state index in [4.69, 9.17) is 9.47 Å². The number of carbonyl (C=O) groups excluding carboxylic acids is 2. The number of ether oxygens (including phenoxy) is 2. The summed E-state index contributed by atoms with van der Waals surface area (Å²) >= 11 is 0. The van der Waals surface area contributed by atoms with Gasteiger partial charge in [0.05, 0.1) is 17.8 Å². The van der Waals surface area contributed by atoms with Crippen LogP contribution >= 0.6 is 0 Å². The molecule has 1 aromatic heterocycles. The lowest BCUT2D eigenvalue weighted by atomic mass is 9.46. The van der Waals surface area contributed by atoms with E-state index in [1.807, 2.05) is 32.1 Å². The van der Waals surface area contributed by atoms with Gasteiger partial charge in [-0.05, 0) is 49.8 Å². The molecule has 0 saturated heterocycles. The highest BCUT2D eigenvalue weighted by Crippen LogP contribution is 2.66. The molecule has 2 saturated carbocycles. The van der Waals surface area contributed by atoms with Gasteiger partial charge in [0.15, 0.2) is 6.10 Å². The first-order valence-corrected chi connectivity index (χ1v) is 13.2. The van der Waals surface area contributed by atoms with Crippen molar-refractivity contribution in [2.24, 2.45) is 41.4 Å². The van der Waals surface area contributed by atoms with Gasteiger partial charge in [0.2, 0.25) is 0 Å². The summed E-state index contributed by atoms with van der Waals surface area (Å²) in [6.45, 7) is 6.99. The molecule has 0 amide bonds. The fraction of sp³-hybridized carbons (Fsp3) is 0.643. The van der Waals surface area contributed by atoms with E-state index in [-0.39, 0.29) is 30.1 Å². The largest absolute Gasteiger partial charge is 0.457 e. The van der Waals surface area contributed by atoms with Crippen LogP contribution in [0.3, 0.4) is 0 Å². The van der Waals surface area contributed by atoms with Gasteiger partial charge in [0, 0.05) is 35.8 Å². The Morgan fingerprint density at radius 3 is 2.62 bits per heavy atom. The Balaban J connectivity index is 1.51. The van der Waals surface area contributed by atoms with Crippen LogP contribution in [0, 0.1) is 41.4 Å². The maximum Gasteiger partial charge on any atom is 0.355 e. The molecule has 2 fully saturated rings. The lowest BCUT2D eigenvalue weighted by molar-refractivity contribution is -0.184. The van der Waals surface area contributed by atoms with Crippen LogP contribution in [0.1, 0.15) is 44.6 Å². The summed E-state index contributed by atoms with van der Waals surface area (Å²) in [6, 6.07) is 3.35. The standard InChI is InChI=1S/C28H37NO8/c1-12-10-13(2)28(35)16(11-19(31)27(34)36-24(12)15(4)30)7-8-17-20-21(22(17)28)23(32)14(3)25(20)37-26(33)18-6-5-9-29-18/h5-10,12,14-17,19-25,29-32,35H,11H2,1-4H3/b13-10+/t12-,14-,15?,16?,17+,19?,20+,21?,22+,23-,24+,25-,28+/m1/s1. The summed E-state index contributed by atoms with van der Waals surface area (Å²) in [5, 5.41) is 44.6. The van der Waals surface area contributed by atoms with Crippen LogP contribution in [-0.2, 0) is 14.3 Å². The number of H-pyrrole nitrogens is 1. The highest BCUT2D eigenvalue weighted by atomic mass is 16.6. The third-order valence-corrected chi connectivity index (χ3v) is 9.39. The van der Waals surface area contributed by atoms with Crippen LogP contribution in [0.2, 0.25) is 0 Å². The van der Waals surface area contributed by atoms with Crippen LogP contribution in [-0.4, -0.2) is 73.5 Å². The number of hydrogen-bond donors (Lipinski definition) is 5. The number of aromatic amines is 1. The molecule has 202 valence electrons. The number of fused-ring (bicyclic) bond motifs is 6. The number of aromatic nitrogens is 1.